The number of nitrogens with zero attached hydrogens (tertiary/aromatic N) is 5. The lowest BCUT2D eigenvalue weighted by atomic mass is 9.94. The Morgan fingerprint density at radius 2 is 2.17 bits per heavy atom. The van der Waals surface area contributed by atoms with Crippen LogP contribution in [0, 0.1) is 0 Å². The summed E-state index contributed by atoms with van der Waals surface area (Å²) < 4.78 is 1.74. The molecule has 1 aliphatic carbocycles. The van der Waals surface area contributed by atoms with E-state index in [-0.39, 0.29) is 17.6 Å². The Balaban J connectivity index is 1.66. The molecule has 1 fully saturated rings. The van der Waals surface area contributed by atoms with Crippen LogP contribution >= 0.6 is 0 Å². The third kappa shape index (κ3) is 4.36. The lowest BCUT2D eigenvalue weighted by molar-refractivity contribution is 0.100. The first-order valence-corrected chi connectivity index (χ1v) is 9.86. The van der Waals surface area contributed by atoms with Gasteiger partial charge in [0.25, 0.3) is 11.9 Å². The van der Waals surface area contributed by atoms with E-state index in [1.165, 1.54) is 6.20 Å². The molecule has 0 aliphatic heterocycles. The van der Waals surface area contributed by atoms with Crippen molar-refractivity contribution in [2.24, 2.45) is 23.5 Å². The van der Waals surface area contributed by atoms with Crippen molar-refractivity contribution in [3.8, 4) is 11.3 Å². The molecule has 0 radical (unpaired) electrons. The molecule has 154 valence electrons. The van der Waals surface area contributed by atoms with Crippen LogP contribution in [0.25, 0.3) is 11.3 Å². The van der Waals surface area contributed by atoms with Gasteiger partial charge < -0.3 is 16.8 Å². The summed E-state index contributed by atoms with van der Waals surface area (Å²) in [4.78, 5) is 25.1. The molecule has 1 amide bonds. The fourth-order valence-corrected chi connectivity index (χ4v) is 3.45. The Morgan fingerprint density at radius 3 is 2.90 bits per heavy atom. The number of rotatable bonds is 5. The Kier molecular flexibility index (Phi) is 5.53. The summed E-state index contributed by atoms with van der Waals surface area (Å²) in [7, 11) is 1.87. The number of primary amides is 1. The molecule has 1 aliphatic rings. The van der Waals surface area contributed by atoms with Gasteiger partial charge in [0.2, 0.25) is 0 Å². The van der Waals surface area contributed by atoms with E-state index in [4.69, 9.17) is 11.5 Å². The van der Waals surface area contributed by atoms with Gasteiger partial charge in [-0.25, -0.2) is 9.98 Å². The Morgan fingerprint density at radius 1 is 1.30 bits per heavy atom. The molecule has 2 heterocycles. The van der Waals surface area contributed by atoms with Crippen molar-refractivity contribution in [1.82, 2.24) is 19.7 Å². The van der Waals surface area contributed by atoms with Gasteiger partial charge in [-0.2, -0.15) is 10.1 Å². The summed E-state index contributed by atoms with van der Waals surface area (Å²) in [6, 6.07) is 9.52. The van der Waals surface area contributed by atoms with Crippen LogP contribution in [-0.4, -0.2) is 37.4 Å². The minimum absolute atomic E-state index is 0.0790. The lowest BCUT2D eigenvalue weighted by Crippen LogP contribution is -2.33. The maximum atomic E-state index is 11.9. The predicted octanol–water partition coefficient (Wildman–Crippen LogP) is 2.69. The van der Waals surface area contributed by atoms with Crippen LogP contribution in [-0.2, 0) is 7.05 Å². The van der Waals surface area contributed by atoms with Gasteiger partial charge in [-0.05, 0) is 37.5 Å². The van der Waals surface area contributed by atoms with Crippen molar-refractivity contribution in [2.75, 3.05) is 5.32 Å². The van der Waals surface area contributed by atoms with E-state index in [1.807, 2.05) is 43.6 Å². The molecule has 0 saturated heterocycles. The SMILES string of the molecule is Cn1ccc(-c2cccc(Nc3nc(N=C4CCCC[C@@H]4N)ncc3C(N)=O)c2)n1. The minimum Gasteiger partial charge on any atom is -0.365 e. The van der Waals surface area contributed by atoms with Gasteiger partial charge in [0, 0.05) is 42.4 Å². The number of carbonyl (C=O) groups excluding carboxylic acids is 1. The fraction of sp³-hybridized carbons (Fsp3) is 0.286. The molecule has 0 unspecified atom stereocenters. The molecule has 9 nitrogen and oxygen atoms in total. The number of nitrogens with one attached hydrogen (secondary N) is 1. The van der Waals surface area contributed by atoms with E-state index in [2.05, 4.69) is 25.4 Å². The van der Waals surface area contributed by atoms with Crippen LogP contribution in [0.4, 0.5) is 17.5 Å². The van der Waals surface area contributed by atoms with Gasteiger partial charge in [-0.15, -0.1) is 0 Å². The van der Waals surface area contributed by atoms with Gasteiger partial charge in [0.05, 0.1) is 5.69 Å². The molecule has 9 heteroatoms. The zero-order valence-electron chi connectivity index (χ0n) is 16.7. The topological polar surface area (TPSA) is 137 Å². The number of hydrogen-bond acceptors (Lipinski definition) is 7. The predicted molar refractivity (Wildman–Crippen MR) is 116 cm³/mol. The van der Waals surface area contributed by atoms with E-state index in [1.54, 1.807) is 4.68 Å². The van der Waals surface area contributed by atoms with Crippen molar-refractivity contribution >= 4 is 29.1 Å². The zero-order valence-corrected chi connectivity index (χ0v) is 16.7. The van der Waals surface area contributed by atoms with Crippen LogP contribution in [0.5, 0.6) is 0 Å². The average Bonchev–Trinajstić information content (AvgIpc) is 3.16. The Bertz CT molecular complexity index is 1100. The zero-order chi connectivity index (χ0) is 21.1. The molecule has 5 N–H and O–H groups in total. The van der Waals surface area contributed by atoms with E-state index >= 15 is 0 Å². The number of carbonyl (C=O) groups is 1. The highest BCUT2D eigenvalue weighted by molar-refractivity contribution is 5.98. The van der Waals surface area contributed by atoms with Crippen molar-refractivity contribution in [3.63, 3.8) is 0 Å². The molecule has 1 saturated carbocycles. The fourth-order valence-electron chi connectivity index (χ4n) is 3.45. The van der Waals surface area contributed by atoms with E-state index in [0.29, 0.717) is 5.82 Å². The van der Waals surface area contributed by atoms with Crippen molar-refractivity contribution in [2.45, 2.75) is 31.7 Å². The highest BCUT2D eigenvalue weighted by atomic mass is 16.1. The third-order valence-electron chi connectivity index (χ3n) is 5.05. The summed E-state index contributed by atoms with van der Waals surface area (Å²) in [5.74, 6) is -0.0536. The van der Waals surface area contributed by atoms with E-state index < -0.39 is 5.91 Å². The van der Waals surface area contributed by atoms with Gasteiger partial charge >= 0.3 is 0 Å². The first-order valence-electron chi connectivity index (χ1n) is 9.86. The number of amides is 1. The number of aromatic nitrogens is 4. The van der Waals surface area contributed by atoms with Crippen LogP contribution in [0.15, 0.2) is 47.7 Å². The van der Waals surface area contributed by atoms with Crippen LogP contribution in [0.2, 0.25) is 0 Å². The first-order chi connectivity index (χ1) is 14.5. The molecule has 2 aromatic heterocycles. The van der Waals surface area contributed by atoms with Crippen LogP contribution < -0.4 is 16.8 Å². The molecule has 1 aromatic carbocycles. The average molecular weight is 404 g/mol. The maximum absolute atomic E-state index is 11.9. The molecule has 3 aromatic rings. The number of aliphatic imine (C=N–C) groups is 1. The van der Waals surface area contributed by atoms with Crippen LogP contribution in [0.1, 0.15) is 36.0 Å². The standard InChI is InChI=1S/C21H24N8O/c1-29-10-9-17(28-29)13-5-4-6-14(11-13)25-20-15(19(23)30)12-24-21(27-20)26-18-8-3-2-7-16(18)22/h4-6,9-12,16H,2-3,7-8,22H2,1H3,(H2,23,30)(H,24,25,27)/t16-/m0/s1. The summed E-state index contributed by atoms with van der Waals surface area (Å²) in [5.41, 5.74) is 15.3. The second-order valence-electron chi connectivity index (χ2n) is 7.33. The molecule has 4 rings (SSSR count). The van der Waals surface area contributed by atoms with E-state index in [9.17, 15) is 4.79 Å². The number of nitrogens with two attached hydrogens (primary N) is 2. The Labute approximate surface area is 174 Å². The molecular formula is C21H24N8O. The maximum Gasteiger partial charge on any atom is 0.254 e. The second kappa shape index (κ2) is 8.42. The molecule has 0 spiro atoms. The van der Waals surface area contributed by atoms with Gasteiger partial charge in [-0.3, -0.25) is 9.48 Å². The van der Waals surface area contributed by atoms with Gasteiger partial charge in [0.15, 0.2) is 0 Å². The number of hydrogen-bond donors (Lipinski definition) is 3. The smallest absolute Gasteiger partial charge is 0.254 e. The second-order valence-corrected chi connectivity index (χ2v) is 7.33. The van der Waals surface area contributed by atoms with E-state index in [0.717, 1.165) is 48.3 Å². The summed E-state index contributed by atoms with van der Waals surface area (Å²) in [6.07, 6.45) is 7.17. The molecular weight excluding hydrogens is 380 g/mol. The van der Waals surface area contributed by atoms with Crippen molar-refractivity contribution in [3.05, 3.63) is 48.3 Å². The first kappa shape index (κ1) is 19.7. The highest BCUT2D eigenvalue weighted by Gasteiger charge is 2.18. The summed E-state index contributed by atoms with van der Waals surface area (Å²) in [6.45, 7) is 0. The third-order valence-corrected chi connectivity index (χ3v) is 5.05. The number of anilines is 2. The minimum atomic E-state index is -0.619. The van der Waals surface area contributed by atoms with Crippen LogP contribution in [0.3, 0.4) is 0 Å². The lowest BCUT2D eigenvalue weighted by Gasteiger charge is -2.19. The van der Waals surface area contributed by atoms with Gasteiger partial charge in [-0.1, -0.05) is 18.6 Å². The van der Waals surface area contributed by atoms with Gasteiger partial charge in [0.1, 0.15) is 11.4 Å². The highest BCUT2D eigenvalue weighted by Crippen LogP contribution is 2.26. The van der Waals surface area contributed by atoms with Crippen molar-refractivity contribution in [1.29, 1.82) is 0 Å². The summed E-state index contributed by atoms with van der Waals surface area (Å²) >= 11 is 0. The molecule has 0 bridgehead atoms. The number of benzene rings is 1. The largest absolute Gasteiger partial charge is 0.365 e. The molecule has 1 atom stereocenters. The summed E-state index contributed by atoms with van der Waals surface area (Å²) in [5, 5.41) is 7.59. The monoisotopic (exact) mass is 404 g/mol. The molecule has 30 heavy (non-hydrogen) atoms. The number of aryl methyl sites for hydroxylation is 1. The Hall–Kier alpha value is -3.59. The normalized spacial score (nSPS) is 17.8. The van der Waals surface area contributed by atoms with Crippen molar-refractivity contribution < 1.29 is 4.79 Å². The quantitative estimate of drug-likeness (QED) is 0.598.